The maximum absolute atomic E-state index is 13.1. The average Bonchev–Trinajstić information content (AvgIpc) is 2.66. The zero-order valence-electron chi connectivity index (χ0n) is 17.2. The summed E-state index contributed by atoms with van der Waals surface area (Å²) in [4.78, 5) is 42.2. The number of nitrogens with two attached hydrogens (primary N) is 1. The van der Waals surface area contributed by atoms with Gasteiger partial charge in [-0.3, -0.25) is 19.1 Å². The number of rotatable bonds is 9. The van der Waals surface area contributed by atoms with Crippen LogP contribution < -0.4 is 21.9 Å². The lowest BCUT2D eigenvalue weighted by Gasteiger charge is -2.25. The van der Waals surface area contributed by atoms with E-state index in [1.165, 1.54) is 21.2 Å². The molecule has 0 spiro atoms. The number of hydrogen-bond donors (Lipinski definition) is 2. The van der Waals surface area contributed by atoms with Gasteiger partial charge in [-0.25, -0.2) is 4.79 Å². The van der Waals surface area contributed by atoms with Crippen molar-refractivity contribution in [3.8, 4) is 0 Å². The quantitative estimate of drug-likeness (QED) is 0.536. The molecule has 1 aromatic carbocycles. The molecule has 3 N–H and O–H groups in total. The molecule has 0 bridgehead atoms. The Balaban J connectivity index is 2.41. The third-order valence-electron chi connectivity index (χ3n) is 4.33. The van der Waals surface area contributed by atoms with Gasteiger partial charge >= 0.3 is 5.69 Å². The van der Waals surface area contributed by atoms with Crippen molar-refractivity contribution < 1.29 is 4.79 Å². The summed E-state index contributed by atoms with van der Waals surface area (Å²) in [5.74, 6) is -0.199. The number of benzene rings is 1. The summed E-state index contributed by atoms with van der Waals surface area (Å²) < 4.78 is 1.30. The molecule has 10 heteroatoms. The number of unbranched alkanes of at least 4 members (excludes halogenated alkanes) is 1. The summed E-state index contributed by atoms with van der Waals surface area (Å²) in [6, 6.07) is 5.11. The van der Waals surface area contributed by atoms with Crippen molar-refractivity contribution in [3.63, 3.8) is 0 Å². The van der Waals surface area contributed by atoms with Crippen LogP contribution in [-0.4, -0.2) is 27.8 Å². The molecule has 0 atom stereocenters. The van der Waals surface area contributed by atoms with Gasteiger partial charge in [-0.15, -0.1) is 11.8 Å². The first-order chi connectivity index (χ1) is 14.2. The Morgan fingerprint density at radius 3 is 2.47 bits per heavy atom. The zero-order valence-corrected chi connectivity index (χ0v) is 19.5. The molecular formula is C20H26Cl2N4O3S. The Hall–Kier alpha value is -1.90. The highest BCUT2D eigenvalue weighted by molar-refractivity contribution is 8.00. The van der Waals surface area contributed by atoms with Crippen molar-refractivity contribution in [2.75, 3.05) is 22.9 Å². The number of H-pyrrole nitrogens is 1. The molecule has 2 rings (SSSR count). The molecule has 2 aromatic rings. The standard InChI is InChI=1S/C20H26Cl2N4O3S/c1-4-5-9-25(15(27)11-30-17-13(21)7-6-8-14(17)22)16-18(23)26(10-12(2)3)20(29)24-19(16)28/h6-8,12H,4-5,9-11,23H2,1-3H3,(H,24,28,29). The first-order valence-electron chi connectivity index (χ1n) is 9.67. The number of amides is 1. The molecule has 0 aliphatic heterocycles. The average molecular weight is 473 g/mol. The molecule has 7 nitrogen and oxygen atoms in total. The van der Waals surface area contributed by atoms with Gasteiger partial charge in [0.2, 0.25) is 5.91 Å². The number of carbonyl (C=O) groups excluding carboxylic acids is 1. The summed E-state index contributed by atoms with van der Waals surface area (Å²) >= 11 is 13.6. The maximum atomic E-state index is 13.1. The van der Waals surface area contributed by atoms with Crippen LogP contribution in [0.1, 0.15) is 33.6 Å². The molecule has 1 aromatic heterocycles. The Morgan fingerprint density at radius 2 is 1.90 bits per heavy atom. The van der Waals surface area contributed by atoms with Gasteiger partial charge in [0.15, 0.2) is 5.69 Å². The van der Waals surface area contributed by atoms with Crippen molar-refractivity contribution in [1.29, 1.82) is 0 Å². The van der Waals surface area contributed by atoms with E-state index in [9.17, 15) is 14.4 Å². The van der Waals surface area contributed by atoms with E-state index in [2.05, 4.69) is 4.98 Å². The number of aromatic nitrogens is 2. The van der Waals surface area contributed by atoms with Gasteiger partial charge in [-0.1, -0.05) is 56.5 Å². The molecule has 30 heavy (non-hydrogen) atoms. The molecule has 0 radical (unpaired) electrons. The van der Waals surface area contributed by atoms with E-state index in [1.54, 1.807) is 18.2 Å². The fraction of sp³-hybridized carbons (Fsp3) is 0.450. The third-order valence-corrected chi connectivity index (χ3v) is 6.30. The number of hydrogen-bond acceptors (Lipinski definition) is 5. The molecular weight excluding hydrogens is 447 g/mol. The molecule has 0 saturated carbocycles. The van der Waals surface area contributed by atoms with Crippen molar-refractivity contribution in [1.82, 2.24) is 9.55 Å². The van der Waals surface area contributed by atoms with Gasteiger partial charge in [0.05, 0.1) is 15.8 Å². The summed E-state index contributed by atoms with van der Waals surface area (Å²) in [6.07, 6.45) is 1.49. The van der Waals surface area contributed by atoms with Gasteiger partial charge < -0.3 is 10.6 Å². The molecule has 164 valence electrons. The Kier molecular flexibility index (Phi) is 8.88. The number of nitrogens with zero attached hydrogens (tertiary/aromatic N) is 2. The molecule has 0 saturated heterocycles. The Bertz CT molecular complexity index is 1000. The first kappa shape index (κ1) is 24.4. The molecule has 0 aliphatic carbocycles. The lowest BCUT2D eigenvalue weighted by molar-refractivity contribution is -0.116. The zero-order chi connectivity index (χ0) is 22.4. The second-order valence-electron chi connectivity index (χ2n) is 7.24. The highest BCUT2D eigenvalue weighted by Gasteiger charge is 2.24. The van der Waals surface area contributed by atoms with Crippen molar-refractivity contribution >= 4 is 52.4 Å². The number of nitrogens with one attached hydrogen (secondary N) is 1. The second-order valence-corrected chi connectivity index (χ2v) is 9.04. The van der Waals surface area contributed by atoms with Crippen LogP contribution in [0.3, 0.4) is 0 Å². The summed E-state index contributed by atoms with van der Waals surface area (Å²) in [6.45, 7) is 6.48. The number of nitrogen functional groups attached to an aromatic ring is 1. The van der Waals surface area contributed by atoms with Gasteiger partial charge in [0, 0.05) is 18.0 Å². The minimum absolute atomic E-state index is 0.000412. The maximum Gasteiger partial charge on any atom is 0.330 e. The summed E-state index contributed by atoms with van der Waals surface area (Å²) in [5, 5.41) is 0.895. The van der Waals surface area contributed by atoms with Crippen LogP contribution in [0.5, 0.6) is 0 Å². The van der Waals surface area contributed by atoms with Crippen LogP contribution in [0.25, 0.3) is 0 Å². The van der Waals surface area contributed by atoms with E-state index in [0.717, 1.165) is 6.42 Å². The summed E-state index contributed by atoms with van der Waals surface area (Å²) in [7, 11) is 0. The van der Waals surface area contributed by atoms with E-state index in [-0.39, 0.29) is 29.1 Å². The fourth-order valence-corrected chi connectivity index (χ4v) is 4.45. The van der Waals surface area contributed by atoms with E-state index in [4.69, 9.17) is 28.9 Å². The topological polar surface area (TPSA) is 101 Å². The molecule has 0 fully saturated rings. The normalized spacial score (nSPS) is 11.1. The second kappa shape index (κ2) is 10.9. The predicted molar refractivity (Wildman–Crippen MR) is 125 cm³/mol. The highest BCUT2D eigenvalue weighted by atomic mass is 35.5. The van der Waals surface area contributed by atoms with Crippen molar-refractivity contribution in [3.05, 3.63) is 49.1 Å². The van der Waals surface area contributed by atoms with E-state index < -0.39 is 11.2 Å². The minimum atomic E-state index is -0.678. The number of aromatic amines is 1. The lowest BCUT2D eigenvalue weighted by Crippen LogP contribution is -2.42. The van der Waals surface area contributed by atoms with Gasteiger partial charge in [0.1, 0.15) is 5.82 Å². The van der Waals surface area contributed by atoms with Crippen LogP contribution >= 0.6 is 35.0 Å². The highest BCUT2D eigenvalue weighted by Crippen LogP contribution is 2.34. The van der Waals surface area contributed by atoms with Gasteiger partial charge in [-0.2, -0.15) is 0 Å². The monoisotopic (exact) mass is 472 g/mol. The smallest absolute Gasteiger partial charge is 0.330 e. The SMILES string of the molecule is CCCCN(C(=O)CSc1c(Cl)cccc1Cl)c1c(N)n(CC(C)C)c(=O)[nH]c1=O. The van der Waals surface area contributed by atoms with Crippen LogP contribution in [0.15, 0.2) is 32.7 Å². The van der Waals surface area contributed by atoms with Crippen LogP contribution in [0.4, 0.5) is 11.5 Å². The Morgan fingerprint density at radius 1 is 1.27 bits per heavy atom. The fourth-order valence-electron chi connectivity index (χ4n) is 2.89. The lowest BCUT2D eigenvalue weighted by atomic mass is 10.2. The van der Waals surface area contributed by atoms with E-state index in [1.807, 2.05) is 20.8 Å². The van der Waals surface area contributed by atoms with Crippen molar-refractivity contribution in [2.45, 2.75) is 45.1 Å². The van der Waals surface area contributed by atoms with Crippen molar-refractivity contribution in [2.24, 2.45) is 5.92 Å². The molecule has 1 amide bonds. The van der Waals surface area contributed by atoms with Gasteiger partial charge in [-0.05, 0) is 24.5 Å². The van der Waals surface area contributed by atoms with E-state index >= 15 is 0 Å². The molecule has 1 heterocycles. The van der Waals surface area contributed by atoms with E-state index in [0.29, 0.717) is 34.5 Å². The molecule has 0 unspecified atom stereocenters. The number of thioether (sulfide) groups is 1. The first-order valence-corrected chi connectivity index (χ1v) is 11.4. The molecule has 0 aliphatic rings. The minimum Gasteiger partial charge on any atom is -0.383 e. The summed E-state index contributed by atoms with van der Waals surface area (Å²) in [5.41, 5.74) is 4.93. The number of halogens is 2. The number of carbonyl (C=O) groups is 1. The number of anilines is 2. The third kappa shape index (κ3) is 5.83. The predicted octanol–water partition coefficient (Wildman–Crippen LogP) is 4.01. The Labute approximate surface area is 189 Å². The largest absolute Gasteiger partial charge is 0.383 e. The van der Waals surface area contributed by atoms with Gasteiger partial charge in [0.25, 0.3) is 5.56 Å². The van der Waals surface area contributed by atoms with Crippen LogP contribution in [-0.2, 0) is 11.3 Å². The van der Waals surface area contributed by atoms with Crippen LogP contribution in [0, 0.1) is 5.92 Å². The van der Waals surface area contributed by atoms with Crippen LogP contribution in [0.2, 0.25) is 10.0 Å².